The van der Waals surface area contributed by atoms with Crippen LogP contribution >= 0.6 is 0 Å². The molecular weight excluding hydrogens is 192 g/mol. The SMILES string of the molecule is C[C@H](O)C(CCO)OCc1ccccc1. The lowest BCUT2D eigenvalue weighted by Gasteiger charge is -2.19. The van der Waals surface area contributed by atoms with Crippen LogP contribution in [-0.2, 0) is 11.3 Å². The molecular formula is C12H18O3. The van der Waals surface area contributed by atoms with Crippen molar-refractivity contribution in [2.24, 2.45) is 0 Å². The lowest BCUT2D eigenvalue weighted by molar-refractivity contribution is -0.0485. The molecule has 0 bridgehead atoms. The van der Waals surface area contributed by atoms with Crippen LogP contribution in [0.4, 0.5) is 0 Å². The van der Waals surface area contributed by atoms with Crippen LogP contribution in [0, 0.1) is 0 Å². The summed E-state index contributed by atoms with van der Waals surface area (Å²) in [5.41, 5.74) is 1.07. The van der Waals surface area contributed by atoms with Crippen molar-refractivity contribution >= 4 is 0 Å². The lowest BCUT2D eigenvalue weighted by atomic mass is 10.1. The second-order valence-corrected chi connectivity index (χ2v) is 3.59. The maximum absolute atomic E-state index is 9.39. The zero-order valence-electron chi connectivity index (χ0n) is 8.97. The molecule has 0 radical (unpaired) electrons. The van der Waals surface area contributed by atoms with Crippen LogP contribution in [0.3, 0.4) is 0 Å². The zero-order valence-corrected chi connectivity index (χ0v) is 8.97. The van der Waals surface area contributed by atoms with Crippen molar-refractivity contribution < 1.29 is 14.9 Å². The Balaban J connectivity index is 2.40. The predicted octanol–water partition coefficient (Wildman–Crippen LogP) is 1.33. The van der Waals surface area contributed by atoms with E-state index in [1.165, 1.54) is 0 Å². The van der Waals surface area contributed by atoms with E-state index >= 15 is 0 Å². The number of benzene rings is 1. The molecule has 1 unspecified atom stereocenters. The van der Waals surface area contributed by atoms with Gasteiger partial charge in [0, 0.05) is 6.61 Å². The molecule has 0 heterocycles. The van der Waals surface area contributed by atoms with Gasteiger partial charge in [0.15, 0.2) is 0 Å². The molecule has 1 aromatic rings. The van der Waals surface area contributed by atoms with E-state index in [-0.39, 0.29) is 12.7 Å². The monoisotopic (exact) mass is 210 g/mol. The van der Waals surface area contributed by atoms with E-state index in [1.54, 1.807) is 6.92 Å². The molecule has 1 aromatic carbocycles. The van der Waals surface area contributed by atoms with Gasteiger partial charge < -0.3 is 14.9 Å². The molecule has 0 aromatic heterocycles. The smallest absolute Gasteiger partial charge is 0.0857 e. The number of aliphatic hydroxyl groups excluding tert-OH is 2. The predicted molar refractivity (Wildman–Crippen MR) is 58.4 cm³/mol. The second-order valence-electron chi connectivity index (χ2n) is 3.59. The molecule has 3 heteroatoms. The van der Waals surface area contributed by atoms with E-state index < -0.39 is 6.10 Å². The van der Waals surface area contributed by atoms with E-state index in [0.29, 0.717) is 13.0 Å². The fourth-order valence-corrected chi connectivity index (χ4v) is 1.37. The Morgan fingerprint density at radius 1 is 1.27 bits per heavy atom. The molecule has 2 atom stereocenters. The summed E-state index contributed by atoms with van der Waals surface area (Å²) < 4.78 is 5.52. The summed E-state index contributed by atoms with van der Waals surface area (Å²) in [4.78, 5) is 0. The topological polar surface area (TPSA) is 49.7 Å². The molecule has 0 spiro atoms. The van der Waals surface area contributed by atoms with Crippen LogP contribution < -0.4 is 0 Å². The van der Waals surface area contributed by atoms with Crippen molar-refractivity contribution in [1.29, 1.82) is 0 Å². The molecule has 0 saturated heterocycles. The molecule has 0 aliphatic carbocycles. The first kappa shape index (κ1) is 12.2. The van der Waals surface area contributed by atoms with Gasteiger partial charge in [0.2, 0.25) is 0 Å². The van der Waals surface area contributed by atoms with Gasteiger partial charge in [-0.2, -0.15) is 0 Å². The van der Waals surface area contributed by atoms with E-state index in [9.17, 15) is 5.11 Å². The van der Waals surface area contributed by atoms with Gasteiger partial charge in [-0.25, -0.2) is 0 Å². The van der Waals surface area contributed by atoms with Crippen LogP contribution in [0.2, 0.25) is 0 Å². The van der Waals surface area contributed by atoms with Crippen LogP contribution in [0.25, 0.3) is 0 Å². The van der Waals surface area contributed by atoms with Crippen molar-refractivity contribution in [2.75, 3.05) is 6.61 Å². The average molecular weight is 210 g/mol. The first-order chi connectivity index (χ1) is 7.24. The van der Waals surface area contributed by atoms with Crippen molar-refractivity contribution in [2.45, 2.75) is 32.2 Å². The molecule has 84 valence electrons. The maximum atomic E-state index is 9.39. The van der Waals surface area contributed by atoms with E-state index in [0.717, 1.165) is 5.56 Å². The average Bonchev–Trinajstić information content (AvgIpc) is 2.25. The Bertz CT molecular complexity index is 259. The Morgan fingerprint density at radius 2 is 1.93 bits per heavy atom. The van der Waals surface area contributed by atoms with Crippen LogP contribution in [0.15, 0.2) is 30.3 Å². The Morgan fingerprint density at radius 3 is 2.47 bits per heavy atom. The van der Waals surface area contributed by atoms with Gasteiger partial charge in [-0.05, 0) is 18.9 Å². The highest BCUT2D eigenvalue weighted by molar-refractivity contribution is 5.13. The minimum Gasteiger partial charge on any atom is -0.396 e. The molecule has 1 rings (SSSR count). The highest BCUT2D eigenvalue weighted by Gasteiger charge is 2.14. The van der Waals surface area contributed by atoms with Gasteiger partial charge in [-0.1, -0.05) is 30.3 Å². The van der Waals surface area contributed by atoms with Crippen LogP contribution in [-0.4, -0.2) is 29.0 Å². The second kappa shape index (κ2) is 6.56. The standard InChI is InChI=1S/C12H18O3/c1-10(14)12(7-8-13)15-9-11-5-3-2-4-6-11/h2-6,10,12-14H,7-9H2,1H3/t10-,12?/m0/s1. The minimum atomic E-state index is -0.555. The van der Waals surface area contributed by atoms with Gasteiger partial charge >= 0.3 is 0 Å². The Hall–Kier alpha value is -0.900. The van der Waals surface area contributed by atoms with Gasteiger partial charge in [-0.3, -0.25) is 0 Å². The fraction of sp³-hybridized carbons (Fsp3) is 0.500. The summed E-state index contributed by atoms with van der Waals surface area (Å²) >= 11 is 0. The lowest BCUT2D eigenvalue weighted by Crippen LogP contribution is -2.27. The third-order valence-corrected chi connectivity index (χ3v) is 2.26. The van der Waals surface area contributed by atoms with Crippen molar-refractivity contribution in [3.63, 3.8) is 0 Å². The van der Waals surface area contributed by atoms with Gasteiger partial charge in [0.1, 0.15) is 0 Å². The summed E-state index contributed by atoms with van der Waals surface area (Å²) in [5.74, 6) is 0. The largest absolute Gasteiger partial charge is 0.396 e. The third kappa shape index (κ3) is 4.42. The molecule has 2 N–H and O–H groups in total. The highest BCUT2D eigenvalue weighted by atomic mass is 16.5. The molecule has 0 aliphatic rings. The molecule has 0 fully saturated rings. The van der Waals surface area contributed by atoms with Gasteiger partial charge in [0.25, 0.3) is 0 Å². The number of ether oxygens (including phenoxy) is 1. The molecule has 0 amide bonds. The van der Waals surface area contributed by atoms with Crippen LogP contribution in [0.1, 0.15) is 18.9 Å². The fourth-order valence-electron chi connectivity index (χ4n) is 1.37. The molecule has 15 heavy (non-hydrogen) atoms. The summed E-state index contributed by atoms with van der Waals surface area (Å²) in [6, 6.07) is 9.78. The highest BCUT2D eigenvalue weighted by Crippen LogP contribution is 2.08. The van der Waals surface area contributed by atoms with E-state index in [4.69, 9.17) is 9.84 Å². The number of hydrogen-bond donors (Lipinski definition) is 2. The summed E-state index contributed by atoms with van der Waals surface area (Å²) in [6.07, 6.45) is -0.388. The Labute approximate surface area is 90.3 Å². The van der Waals surface area contributed by atoms with Crippen LogP contribution in [0.5, 0.6) is 0 Å². The van der Waals surface area contributed by atoms with Crippen molar-refractivity contribution in [3.8, 4) is 0 Å². The minimum absolute atomic E-state index is 0.0321. The Kier molecular flexibility index (Phi) is 5.32. The first-order valence-corrected chi connectivity index (χ1v) is 5.18. The number of aliphatic hydroxyl groups is 2. The van der Waals surface area contributed by atoms with Gasteiger partial charge in [0.05, 0.1) is 18.8 Å². The molecule has 0 saturated carbocycles. The summed E-state index contributed by atoms with van der Waals surface area (Å²) in [6.45, 7) is 2.17. The number of hydrogen-bond acceptors (Lipinski definition) is 3. The number of rotatable bonds is 6. The third-order valence-electron chi connectivity index (χ3n) is 2.26. The maximum Gasteiger partial charge on any atom is 0.0857 e. The van der Waals surface area contributed by atoms with E-state index in [2.05, 4.69) is 0 Å². The molecule has 3 nitrogen and oxygen atoms in total. The van der Waals surface area contributed by atoms with Crippen molar-refractivity contribution in [1.82, 2.24) is 0 Å². The molecule has 0 aliphatic heterocycles. The van der Waals surface area contributed by atoms with Gasteiger partial charge in [-0.15, -0.1) is 0 Å². The van der Waals surface area contributed by atoms with Crippen molar-refractivity contribution in [3.05, 3.63) is 35.9 Å². The summed E-state index contributed by atoms with van der Waals surface area (Å²) in [5, 5.41) is 18.2. The normalized spacial score (nSPS) is 14.9. The van der Waals surface area contributed by atoms with E-state index in [1.807, 2.05) is 30.3 Å². The first-order valence-electron chi connectivity index (χ1n) is 5.18. The summed E-state index contributed by atoms with van der Waals surface area (Å²) in [7, 11) is 0. The quantitative estimate of drug-likeness (QED) is 0.745. The zero-order chi connectivity index (χ0) is 11.1.